The third kappa shape index (κ3) is 5.99. The zero-order valence-corrected chi connectivity index (χ0v) is 23.2. The number of carbonyl (C=O) groups excluding carboxylic acids is 2. The molecule has 0 aliphatic carbocycles. The molecule has 3 heterocycles. The summed E-state index contributed by atoms with van der Waals surface area (Å²) in [5, 5.41) is 10.1. The number of piperazine rings is 1. The molecule has 2 amide bonds. The molecule has 1 saturated heterocycles. The maximum absolute atomic E-state index is 14.3. The molecule has 1 N–H and O–H groups in total. The first-order chi connectivity index (χ1) is 17.8. The number of nitrogens with zero attached hydrogens (tertiary/aromatic N) is 4. The summed E-state index contributed by atoms with van der Waals surface area (Å²) in [6, 6.07) is 8.03. The molecule has 4 rings (SSSR count). The van der Waals surface area contributed by atoms with Gasteiger partial charge in [-0.05, 0) is 51.0 Å². The Hall–Kier alpha value is -3.04. The number of aliphatic hydroxyl groups excluding tert-OH is 1. The van der Waals surface area contributed by atoms with E-state index in [0.29, 0.717) is 25.1 Å². The van der Waals surface area contributed by atoms with Crippen LogP contribution in [0, 0.1) is 5.82 Å². The Kier molecular flexibility index (Phi) is 7.81. The average Bonchev–Trinajstić information content (AvgIpc) is 3.10. The zero-order valence-electron chi connectivity index (χ0n) is 23.2. The molecule has 0 saturated carbocycles. The van der Waals surface area contributed by atoms with Gasteiger partial charge in [-0.25, -0.2) is 9.18 Å². The van der Waals surface area contributed by atoms with Crippen LogP contribution in [0.3, 0.4) is 0 Å². The fraction of sp³-hybridized carbons (Fsp3) is 0.552. The Morgan fingerprint density at radius 3 is 2.58 bits per heavy atom. The second kappa shape index (κ2) is 10.6. The Balaban J connectivity index is 1.51. The number of benzene rings is 1. The number of hydrogen-bond acceptors (Lipinski definition) is 6. The molecule has 2 atom stereocenters. The van der Waals surface area contributed by atoms with E-state index in [9.17, 15) is 19.1 Å². The van der Waals surface area contributed by atoms with Gasteiger partial charge >= 0.3 is 6.09 Å². The van der Waals surface area contributed by atoms with Crippen molar-refractivity contribution < 1.29 is 23.8 Å². The highest BCUT2D eigenvalue weighted by Crippen LogP contribution is 2.40. The topological polar surface area (TPSA) is 86.2 Å². The molecule has 2 aliphatic heterocycles. The minimum Gasteiger partial charge on any atom is -0.444 e. The van der Waals surface area contributed by atoms with E-state index in [1.165, 1.54) is 6.07 Å². The quantitative estimate of drug-likeness (QED) is 0.639. The molecule has 8 nitrogen and oxygen atoms in total. The predicted molar refractivity (Wildman–Crippen MR) is 144 cm³/mol. The van der Waals surface area contributed by atoms with Crippen LogP contribution in [0.2, 0.25) is 0 Å². The molecule has 0 spiro atoms. The first-order valence-corrected chi connectivity index (χ1v) is 13.2. The van der Waals surface area contributed by atoms with Crippen LogP contribution >= 0.6 is 0 Å². The van der Waals surface area contributed by atoms with Gasteiger partial charge in [-0.2, -0.15) is 0 Å². The number of pyridine rings is 1. The van der Waals surface area contributed by atoms with Crippen molar-refractivity contribution in [2.24, 2.45) is 0 Å². The highest BCUT2D eigenvalue weighted by atomic mass is 19.1. The number of ether oxygens (including phenoxy) is 1. The molecule has 0 bridgehead atoms. The van der Waals surface area contributed by atoms with E-state index < -0.39 is 11.7 Å². The molecule has 1 fully saturated rings. The normalized spacial score (nSPS) is 21.4. The van der Waals surface area contributed by atoms with Gasteiger partial charge in [0, 0.05) is 43.7 Å². The summed E-state index contributed by atoms with van der Waals surface area (Å²) >= 11 is 0. The first-order valence-electron chi connectivity index (χ1n) is 13.2. The predicted octanol–water partition coefficient (Wildman–Crippen LogP) is 3.74. The van der Waals surface area contributed by atoms with Crippen LogP contribution in [-0.4, -0.2) is 82.4 Å². The number of fused-ring (bicyclic) bond motifs is 1. The van der Waals surface area contributed by atoms with Crippen molar-refractivity contribution in [3.63, 3.8) is 0 Å². The largest absolute Gasteiger partial charge is 0.444 e. The van der Waals surface area contributed by atoms with E-state index in [4.69, 9.17) is 9.72 Å². The van der Waals surface area contributed by atoms with E-state index in [1.54, 1.807) is 34.2 Å². The summed E-state index contributed by atoms with van der Waals surface area (Å²) in [5.74, 6) is -0.367. The number of anilines is 1. The maximum atomic E-state index is 14.3. The SMILES string of the molecule is C[C@@H]1CN(CC(=O)N2CC(C)(C)c3ncc(Cc4ccccc4F)cc32)[C@@H](CO)CN1C(=O)OC(C)(C)C. The van der Waals surface area contributed by atoms with Gasteiger partial charge in [-0.15, -0.1) is 0 Å². The number of carbonyl (C=O) groups is 2. The van der Waals surface area contributed by atoms with Gasteiger partial charge < -0.3 is 19.6 Å². The van der Waals surface area contributed by atoms with Crippen molar-refractivity contribution in [3.8, 4) is 0 Å². The highest BCUT2D eigenvalue weighted by Gasteiger charge is 2.42. The molecular formula is C29H39FN4O4. The Morgan fingerprint density at radius 2 is 1.92 bits per heavy atom. The van der Waals surface area contributed by atoms with Crippen LogP contribution < -0.4 is 4.90 Å². The molecule has 2 aromatic rings. The Morgan fingerprint density at radius 1 is 1.21 bits per heavy atom. The number of hydrogen-bond donors (Lipinski definition) is 1. The van der Waals surface area contributed by atoms with E-state index >= 15 is 0 Å². The summed E-state index contributed by atoms with van der Waals surface area (Å²) in [5.41, 5.74) is 2.04. The van der Waals surface area contributed by atoms with E-state index in [1.807, 2.05) is 38.7 Å². The number of aliphatic hydroxyl groups is 1. The number of amides is 2. The van der Waals surface area contributed by atoms with E-state index in [-0.39, 0.29) is 48.9 Å². The van der Waals surface area contributed by atoms with Gasteiger partial charge in [0.25, 0.3) is 0 Å². The fourth-order valence-electron chi connectivity index (χ4n) is 5.27. The smallest absolute Gasteiger partial charge is 0.410 e. The van der Waals surface area contributed by atoms with E-state index in [0.717, 1.165) is 16.9 Å². The van der Waals surface area contributed by atoms with Crippen LogP contribution in [0.4, 0.5) is 14.9 Å². The number of rotatable bonds is 5. The minimum absolute atomic E-state index is 0.0990. The summed E-state index contributed by atoms with van der Waals surface area (Å²) in [6.45, 7) is 12.6. The van der Waals surface area contributed by atoms with Crippen LogP contribution in [-0.2, 0) is 21.4 Å². The molecule has 1 aromatic heterocycles. The van der Waals surface area contributed by atoms with Gasteiger partial charge in [0.15, 0.2) is 0 Å². The number of halogens is 1. The van der Waals surface area contributed by atoms with Gasteiger partial charge in [-0.3, -0.25) is 14.7 Å². The van der Waals surface area contributed by atoms with Gasteiger partial charge in [0.05, 0.1) is 30.6 Å². The van der Waals surface area contributed by atoms with Gasteiger partial charge in [-0.1, -0.05) is 32.0 Å². The molecular weight excluding hydrogens is 487 g/mol. The molecule has 2 aliphatic rings. The first kappa shape index (κ1) is 28.0. The minimum atomic E-state index is -0.617. The fourth-order valence-corrected chi connectivity index (χ4v) is 5.27. The lowest BCUT2D eigenvalue weighted by Crippen LogP contribution is -2.62. The third-order valence-corrected chi connectivity index (χ3v) is 7.19. The van der Waals surface area contributed by atoms with Crippen molar-refractivity contribution in [2.75, 3.05) is 37.7 Å². The molecule has 206 valence electrons. The Bertz CT molecular complexity index is 1200. The van der Waals surface area contributed by atoms with Crippen LogP contribution in [0.1, 0.15) is 58.4 Å². The summed E-state index contributed by atoms with van der Waals surface area (Å²) in [7, 11) is 0. The second-order valence-electron chi connectivity index (χ2n) is 12.1. The maximum Gasteiger partial charge on any atom is 0.410 e. The molecule has 9 heteroatoms. The van der Waals surface area contributed by atoms with Crippen molar-refractivity contribution >= 4 is 17.7 Å². The second-order valence-corrected chi connectivity index (χ2v) is 12.1. The van der Waals surface area contributed by atoms with Crippen LogP contribution in [0.5, 0.6) is 0 Å². The highest BCUT2D eigenvalue weighted by molar-refractivity contribution is 5.97. The Labute approximate surface area is 224 Å². The van der Waals surface area contributed by atoms with E-state index in [2.05, 4.69) is 13.8 Å². The van der Waals surface area contributed by atoms with Gasteiger partial charge in [0.1, 0.15) is 11.4 Å². The summed E-state index contributed by atoms with van der Waals surface area (Å²) in [6.07, 6.45) is 1.73. The van der Waals surface area contributed by atoms with Crippen molar-refractivity contribution in [1.29, 1.82) is 0 Å². The lowest BCUT2D eigenvalue weighted by molar-refractivity contribution is -0.121. The molecule has 0 unspecified atom stereocenters. The average molecular weight is 527 g/mol. The lowest BCUT2D eigenvalue weighted by Gasteiger charge is -2.44. The monoisotopic (exact) mass is 526 g/mol. The summed E-state index contributed by atoms with van der Waals surface area (Å²) in [4.78, 5) is 36.4. The zero-order chi connectivity index (χ0) is 27.8. The van der Waals surface area contributed by atoms with Crippen LogP contribution in [0.15, 0.2) is 36.5 Å². The molecule has 1 aromatic carbocycles. The van der Waals surface area contributed by atoms with Crippen molar-refractivity contribution in [1.82, 2.24) is 14.8 Å². The summed E-state index contributed by atoms with van der Waals surface area (Å²) < 4.78 is 19.8. The molecule has 0 radical (unpaired) electrons. The van der Waals surface area contributed by atoms with Crippen LogP contribution in [0.25, 0.3) is 0 Å². The third-order valence-electron chi connectivity index (χ3n) is 7.19. The van der Waals surface area contributed by atoms with Gasteiger partial charge in [0.2, 0.25) is 5.91 Å². The van der Waals surface area contributed by atoms with Crippen molar-refractivity contribution in [3.05, 3.63) is 59.2 Å². The standard InChI is InChI=1S/C29H39FN4O4/c1-19-14-32(22(17-35)15-33(19)27(37)38-28(2,3)4)16-25(36)34-18-29(5,6)26-24(34)12-20(13-31-26)11-21-9-7-8-10-23(21)30/h7-10,12-13,19,22,35H,11,14-18H2,1-6H3/t19-,22-/m1/s1. The lowest BCUT2D eigenvalue weighted by atomic mass is 9.91. The molecule has 38 heavy (non-hydrogen) atoms. The number of aromatic nitrogens is 1. The van der Waals surface area contributed by atoms with Crippen molar-refractivity contribution in [2.45, 2.75) is 71.1 Å².